The van der Waals surface area contributed by atoms with Crippen LogP contribution in [0.25, 0.3) is 0 Å². The topological polar surface area (TPSA) is 92.7 Å². The lowest BCUT2D eigenvalue weighted by Gasteiger charge is -2.05. The van der Waals surface area contributed by atoms with E-state index in [2.05, 4.69) is 20.8 Å². The van der Waals surface area contributed by atoms with Crippen molar-refractivity contribution in [1.82, 2.24) is 10.3 Å². The summed E-state index contributed by atoms with van der Waals surface area (Å²) in [5, 5.41) is 12.9. The van der Waals surface area contributed by atoms with Gasteiger partial charge in [0.1, 0.15) is 12.8 Å². The molecule has 0 aliphatic carbocycles. The summed E-state index contributed by atoms with van der Waals surface area (Å²) in [6.07, 6.45) is 1.27. The summed E-state index contributed by atoms with van der Waals surface area (Å²) >= 11 is 2.84. The molecule has 116 valence electrons. The summed E-state index contributed by atoms with van der Waals surface area (Å²) in [6.45, 7) is 0.492. The van der Waals surface area contributed by atoms with E-state index in [4.69, 9.17) is 4.84 Å². The summed E-state index contributed by atoms with van der Waals surface area (Å²) in [7, 11) is 1.36. The smallest absolute Gasteiger partial charge is 0.275 e. The number of carbonyl (C=O) groups is 2. The molecule has 0 unspecified atom stereocenters. The average Bonchev–Trinajstić information content (AvgIpc) is 3.17. The fourth-order valence-electron chi connectivity index (χ4n) is 1.63. The van der Waals surface area contributed by atoms with Crippen LogP contribution < -0.4 is 10.6 Å². The predicted octanol–water partition coefficient (Wildman–Crippen LogP) is 1.48. The van der Waals surface area contributed by atoms with Gasteiger partial charge in [-0.1, -0.05) is 11.2 Å². The van der Waals surface area contributed by atoms with Gasteiger partial charge in [-0.25, -0.2) is 4.98 Å². The molecule has 0 bridgehead atoms. The molecule has 0 saturated heterocycles. The molecule has 2 N–H and O–H groups in total. The van der Waals surface area contributed by atoms with Crippen LogP contribution in [0, 0.1) is 0 Å². The second-order valence-electron chi connectivity index (χ2n) is 4.01. The molecule has 7 nitrogen and oxygen atoms in total. The van der Waals surface area contributed by atoms with Crippen molar-refractivity contribution in [3.8, 4) is 0 Å². The lowest BCUT2D eigenvalue weighted by atomic mass is 10.2. The SMILES string of the molecule is CO/N=C(/C(=O)NCCc1cccs1)c1csc(NC=O)n1. The number of anilines is 1. The Bertz CT molecular complexity index is 652. The van der Waals surface area contributed by atoms with Gasteiger partial charge in [0.15, 0.2) is 10.8 Å². The van der Waals surface area contributed by atoms with Crippen LogP contribution in [-0.4, -0.2) is 36.7 Å². The number of thiophene rings is 1. The first-order chi connectivity index (χ1) is 10.7. The number of hydrogen-bond donors (Lipinski definition) is 2. The van der Waals surface area contributed by atoms with E-state index >= 15 is 0 Å². The Balaban J connectivity index is 1.98. The first-order valence-electron chi connectivity index (χ1n) is 6.32. The first kappa shape index (κ1) is 16.1. The quantitative estimate of drug-likeness (QED) is 0.433. The van der Waals surface area contributed by atoms with Crippen molar-refractivity contribution in [3.05, 3.63) is 33.5 Å². The minimum atomic E-state index is -0.374. The van der Waals surface area contributed by atoms with Crippen LogP contribution >= 0.6 is 22.7 Å². The predicted molar refractivity (Wildman–Crippen MR) is 86.4 cm³/mol. The van der Waals surface area contributed by atoms with Gasteiger partial charge in [-0.2, -0.15) is 0 Å². The Kier molecular flexibility index (Phi) is 6.04. The van der Waals surface area contributed by atoms with E-state index in [1.54, 1.807) is 16.7 Å². The number of carbonyl (C=O) groups excluding carboxylic acids is 2. The number of hydrogen-bond acceptors (Lipinski definition) is 7. The molecule has 2 amide bonds. The molecule has 0 aliphatic rings. The van der Waals surface area contributed by atoms with E-state index in [0.717, 1.165) is 6.42 Å². The van der Waals surface area contributed by atoms with Gasteiger partial charge in [0.25, 0.3) is 5.91 Å². The summed E-state index contributed by atoms with van der Waals surface area (Å²) in [5.41, 5.74) is 0.425. The third-order valence-electron chi connectivity index (χ3n) is 2.56. The van der Waals surface area contributed by atoms with Crippen molar-refractivity contribution in [2.45, 2.75) is 6.42 Å². The normalized spacial score (nSPS) is 11.0. The van der Waals surface area contributed by atoms with Crippen LogP contribution in [0.15, 0.2) is 28.0 Å². The van der Waals surface area contributed by atoms with Gasteiger partial charge in [-0.3, -0.25) is 9.59 Å². The van der Waals surface area contributed by atoms with Gasteiger partial charge in [-0.05, 0) is 17.9 Å². The van der Waals surface area contributed by atoms with E-state index in [0.29, 0.717) is 23.8 Å². The van der Waals surface area contributed by atoms with Gasteiger partial charge < -0.3 is 15.5 Å². The van der Waals surface area contributed by atoms with Crippen LogP contribution in [0.3, 0.4) is 0 Å². The number of nitrogens with zero attached hydrogens (tertiary/aromatic N) is 2. The lowest BCUT2D eigenvalue weighted by molar-refractivity contribution is -0.114. The molecule has 2 rings (SSSR count). The van der Waals surface area contributed by atoms with Crippen LogP contribution in [0.1, 0.15) is 10.6 Å². The zero-order valence-corrected chi connectivity index (χ0v) is 13.4. The van der Waals surface area contributed by atoms with Crippen molar-refractivity contribution in [3.63, 3.8) is 0 Å². The Morgan fingerprint density at radius 3 is 3.05 bits per heavy atom. The molecule has 0 atom stereocenters. The van der Waals surface area contributed by atoms with Crippen molar-refractivity contribution in [2.75, 3.05) is 19.0 Å². The molecular formula is C13H14N4O3S2. The molecule has 0 aliphatic heterocycles. The molecule has 9 heteroatoms. The Hall–Kier alpha value is -2.26. The van der Waals surface area contributed by atoms with Crippen molar-refractivity contribution in [2.24, 2.45) is 5.16 Å². The Labute approximate surface area is 135 Å². The van der Waals surface area contributed by atoms with E-state index < -0.39 is 0 Å². The highest BCUT2D eigenvalue weighted by Crippen LogP contribution is 2.15. The van der Waals surface area contributed by atoms with Gasteiger partial charge in [0.05, 0.1) is 0 Å². The molecule has 22 heavy (non-hydrogen) atoms. The monoisotopic (exact) mass is 338 g/mol. The molecule has 0 aromatic carbocycles. The second kappa shape index (κ2) is 8.25. The van der Waals surface area contributed by atoms with Gasteiger partial charge >= 0.3 is 0 Å². The maximum atomic E-state index is 12.2. The minimum absolute atomic E-state index is 0.0730. The number of oxime groups is 1. The Morgan fingerprint density at radius 1 is 1.50 bits per heavy atom. The highest BCUT2D eigenvalue weighted by molar-refractivity contribution is 7.14. The van der Waals surface area contributed by atoms with Gasteiger partial charge in [0.2, 0.25) is 6.41 Å². The Morgan fingerprint density at radius 2 is 2.36 bits per heavy atom. The summed E-state index contributed by atoms with van der Waals surface area (Å²) in [6, 6.07) is 3.98. The van der Waals surface area contributed by atoms with E-state index in [-0.39, 0.29) is 11.6 Å². The number of nitrogens with one attached hydrogen (secondary N) is 2. The third kappa shape index (κ3) is 4.37. The molecule has 2 heterocycles. The lowest BCUT2D eigenvalue weighted by Crippen LogP contribution is -2.33. The second-order valence-corrected chi connectivity index (χ2v) is 5.90. The van der Waals surface area contributed by atoms with Crippen molar-refractivity contribution < 1.29 is 14.4 Å². The largest absolute Gasteiger partial charge is 0.398 e. The van der Waals surface area contributed by atoms with Crippen LogP contribution in [0.2, 0.25) is 0 Å². The zero-order valence-electron chi connectivity index (χ0n) is 11.7. The summed E-state index contributed by atoms with van der Waals surface area (Å²) in [5.74, 6) is -0.374. The maximum absolute atomic E-state index is 12.2. The van der Waals surface area contributed by atoms with Gasteiger partial charge in [0, 0.05) is 16.8 Å². The van der Waals surface area contributed by atoms with E-state index in [9.17, 15) is 9.59 Å². The molecule has 2 aromatic rings. The first-order valence-corrected chi connectivity index (χ1v) is 8.08. The fourth-order valence-corrected chi connectivity index (χ4v) is 3.00. The number of thiazole rings is 1. The summed E-state index contributed by atoms with van der Waals surface area (Å²) < 4.78 is 0. The van der Waals surface area contributed by atoms with Gasteiger partial charge in [-0.15, -0.1) is 22.7 Å². The standard InChI is InChI=1S/C13H14N4O3S2/c1-20-17-11(10-7-22-13(16-10)15-8-18)12(19)14-5-4-9-3-2-6-21-9/h2-3,6-8H,4-5H2,1H3,(H,14,19)(H,15,16,18)/b17-11+. The molecule has 0 spiro atoms. The summed E-state index contributed by atoms with van der Waals surface area (Å²) in [4.78, 5) is 32.6. The van der Waals surface area contributed by atoms with Crippen LogP contribution in [0.5, 0.6) is 0 Å². The number of rotatable bonds is 8. The number of aromatic nitrogens is 1. The number of amides is 2. The molecule has 0 fully saturated rings. The van der Waals surface area contributed by atoms with Crippen molar-refractivity contribution in [1.29, 1.82) is 0 Å². The van der Waals surface area contributed by atoms with Crippen LogP contribution in [-0.2, 0) is 20.8 Å². The third-order valence-corrected chi connectivity index (χ3v) is 4.27. The van der Waals surface area contributed by atoms with Crippen LogP contribution in [0.4, 0.5) is 5.13 Å². The average molecular weight is 338 g/mol. The van der Waals surface area contributed by atoms with E-state index in [1.807, 2.05) is 17.5 Å². The highest BCUT2D eigenvalue weighted by atomic mass is 32.1. The molecular weight excluding hydrogens is 324 g/mol. The highest BCUT2D eigenvalue weighted by Gasteiger charge is 2.18. The zero-order chi connectivity index (χ0) is 15.8. The maximum Gasteiger partial charge on any atom is 0.275 e. The fraction of sp³-hybridized carbons (Fsp3) is 0.231. The van der Waals surface area contributed by atoms with Crippen molar-refractivity contribution >= 4 is 45.8 Å². The minimum Gasteiger partial charge on any atom is -0.398 e. The molecule has 2 aromatic heterocycles. The van der Waals surface area contributed by atoms with E-state index in [1.165, 1.54) is 23.3 Å². The molecule has 0 radical (unpaired) electrons. The molecule has 0 saturated carbocycles.